The Bertz CT molecular complexity index is 452. The number of esters is 1. The molecule has 0 bridgehead atoms. The molecule has 1 rings (SSSR count). The van der Waals surface area contributed by atoms with E-state index in [-0.39, 0.29) is 0 Å². The Morgan fingerprint density at radius 2 is 1.82 bits per heavy atom. The van der Waals surface area contributed by atoms with Crippen LogP contribution in [0.25, 0.3) is 0 Å². The van der Waals surface area contributed by atoms with E-state index in [9.17, 15) is 9.59 Å². The third kappa shape index (κ3) is 4.09. The number of ether oxygens (including phenoxy) is 1. The van der Waals surface area contributed by atoms with Gasteiger partial charge in [-0.15, -0.1) is 0 Å². The topological polar surface area (TPSA) is 55.4 Å². The van der Waals surface area contributed by atoms with E-state index < -0.39 is 11.9 Å². The third-order valence-corrected chi connectivity index (χ3v) is 2.41. The lowest BCUT2D eigenvalue weighted by molar-refractivity contribution is -0.135. The molecule has 1 aromatic carbocycles. The summed E-state index contributed by atoms with van der Waals surface area (Å²) in [6.45, 7) is 0. The van der Waals surface area contributed by atoms with Gasteiger partial charge in [0.25, 0.3) is 0 Å². The molecule has 4 nitrogen and oxygen atoms in total. The highest BCUT2D eigenvalue weighted by molar-refractivity contribution is 6.39. The van der Waals surface area contributed by atoms with Gasteiger partial charge in [-0.25, -0.2) is 4.79 Å². The fourth-order valence-electron chi connectivity index (χ4n) is 0.994. The SMILES string of the molecule is COC(=O)/C=C\C(=O)Nc1c(Cl)cccc1Cl. The largest absolute Gasteiger partial charge is 0.466 e. The minimum Gasteiger partial charge on any atom is -0.466 e. The Labute approximate surface area is 108 Å². The fourth-order valence-corrected chi connectivity index (χ4v) is 1.49. The van der Waals surface area contributed by atoms with E-state index >= 15 is 0 Å². The van der Waals surface area contributed by atoms with Crippen LogP contribution in [0.5, 0.6) is 0 Å². The molecule has 6 heteroatoms. The normalized spacial score (nSPS) is 10.3. The molecule has 90 valence electrons. The van der Waals surface area contributed by atoms with Crippen molar-refractivity contribution in [3.8, 4) is 0 Å². The number of amides is 1. The maximum Gasteiger partial charge on any atom is 0.330 e. The van der Waals surface area contributed by atoms with Crippen LogP contribution in [-0.2, 0) is 14.3 Å². The van der Waals surface area contributed by atoms with Crippen LogP contribution in [0.2, 0.25) is 10.0 Å². The zero-order valence-corrected chi connectivity index (χ0v) is 10.4. The second-order valence-electron chi connectivity index (χ2n) is 2.94. The predicted octanol–water partition coefficient (Wildman–Crippen LogP) is 2.66. The summed E-state index contributed by atoms with van der Waals surface area (Å²) in [6.07, 6.45) is 2.03. The first-order valence-corrected chi connectivity index (χ1v) is 5.31. The maximum absolute atomic E-state index is 11.4. The van der Waals surface area contributed by atoms with Crippen LogP contribution in [0.3, 0.4) is 0 Å². The van der Waals surface area contributed by atoms with E-state index in [0.717, 1.165) is 12.2 Å². The summed E-state index contributed by atoms with van der Waals surface area (Å²) in [5.74, 6) is -1.14. The van der Waals surface area contributed by atoms with Crippen LogP contribution in [0, 0.1) is 0 Å². The van der Waals surface area contributed by atoms with E-state index in [1.54, 1.807) is 18.2 Å². The highest BCUT2D eigenvalue weighted by atomic mass is 35.5. The molecular formula is C11H9Cl2NO3. The number of halogens is 2. The first kappa shape index (κ1) is 13.5. The van der Waals surface area contributed by atoms with Crippen molar-refractivity contribution >= 4 is 40.8 Å². The minimum absolute atomic E-state index is 0.301. The van der Waals surface area contributed by atoms with Gasteiger partial charge >= 0.3 is 5.97 Å². The number of anilines is 1. The van der Waals surface area contributed by atoms with Crippen molar-refractivity contribution in [2.75, 3.05) is 12.4 Å². The first-order chi connectivity index (χ1) is 8.04. The van der Waals surface area contributed by atoms with Crippen molar-refractivity contribution in [2.45, 2.75) is 0 Å². The van der Waals surface area contributed by atoms with Gasteiger partial charge in [0.2, 0.25) is 5.91 Å². The molecule has 1 aromatic rings. The molecular weight excluding hydrogens is 265 g/mol. The maximum atomic E-state index is 11.4. The van der Waals surface area contributed by atoms with Crippen LogP contribution < -0.4 is 5.32 Å². The summed E-state index contributed by atoms with van der Waals surface area (Å²) >= 11 is 11.7. The van der Waals surface area contributed by atoms with E-state index in [1.807, 2.05) is 0 Å². The van der Waals surface area contributed by atoms with Gasteiger partial charge in [-0.2, -0.15) is 0 Å². The van der Waals surface area contributed by atoms with Crippen molar-refractivity contribution in [2.24, 2.45) is 0 Å². The summed E-state index contributed by atoms with van der Waals surface area (Å²) in [6, 6.07) is 4.84. The summed E-state index contributed by atoms with van der Waals surface area (Å²) in [4.78, 5) is 22.2. The van der Waals surface area contributed by atoms with E-state index in [1.165, 1.54) is 7.11 Å². The van der Waals surface area contributed by atoms with Crippen LogP contribution in [0.1, 0.15) is 0 Å². The zero-order valence-electron chi connectivity index (χ0n) is 8.87. The third-order valence-electron chi connectivity index (χ3n) is 1.78. The average Bonchev–Trinajstić information content (AvgIpc) is 2.31. The zero-order chi connectivity index (χ0) is 12.8. The number of rotatable bonds is 3. The van der Waals surface area contributed by atoms with Crippen molar-refractivity contribution in [3.63, 3.8) is 0 Å². The second kappa shape index (κ2) is 6.27. The van der Waals surface area contributed by atoms with Gasteiger partial charge in [-0.1, -0.05) is 29.3 Å². The Morgan fingerprint density at radius 3 is 2.35 bits per heavy atom. The Balaban J connectivity index is 2.75. The quantitative estimate of drug-likeness (QED) is 0.681. The van der Waals surface area contributed by atoms with Crippen LogP contribution >= 0.6 is 23.2 Å². The summed E-state index contributed by atoms with van der Waals surface area (Å²) in [7, 11) is 1.22. The molecule has 0 radical (unpaired) electrons. The number of para-hydroxylation sites is 1. The average molecular weight is 274 g/mol. The highest BCUT2D eigenvalue weighted by Gasteiger charge is 2.07. The van der Waals surface area contributed by atoms with Gasteiger partial charge in [0.1, 0.15) is 0 Å². The number of hydrogen-bond donors (Lipinski definition) is 1. The minimum atomic E-state index is -0.620. The van der Waals surface area contributed by atoms with Crippen LogP contribution in [0.4, 0.5) is 5.69 Å². The van der Waals surface area contributed by atoms with Crippen molar-refractivity contribution in [1.29, 1.82) is 0 Å². The van der Waals surface area contributed by atoms with Gasteiger partial charge in [0.15, 0.2) is 0 Å². The first-order valence-electron chi connectivity index (χ1n) is 4.55. The monoisotopic (exact) mass is 273 g/mol. The Kier molecular flexibility index (Phi) is 5.00. The molecule has 0 aliphatic heterocycles. The lowest BCUT2D eigenvalue weighted by atomic mass is 10.3. The fraction of sp³-hybridized carbons (Fsp3) is 0.0909. The summed E-state index contributed by atoms with van der Waals surface area (Å²) in [5.41, 5.74) is 0.301. The van der Waals surface area contributed by atoms with E-state index in [2.05, 4.69) is 10.1 Å². The molecule has 0 unspecified atom stereocenters. The molecule has 1 N–H and O–H groups in total. The molecule has 0 spiro atoms. The number of nitrogens with one attached hydrogen (secondary N) is 1. The smallest absolute Gasteiger partial charge is 0.330 e. The van der Waals surface area contributed by atoms with Gasteiger partial charge in [0, 0.05) is 12.2 Å². The van der Waals surface area contributed by atoms with E-state index in [0.29, 0.717) is 15.7 Å². The molecule has 0 aromatic heterocycles. The molecule has 0 aliphatic carbocycles. The number of carbonyl (C=O) groups is 2. The van der Waals surface area contributed by atoms with Crippen LogP contribution in [0.15, 0.2) is 30.4 Å². The molecule has 0 aliphatic rings. The number of hydrogen-bond acceptors (Lipinski definition) is 3. The second-order valence-corrected chi connectivity index (χ2v) is 3.76. The summed E-state index contributed by atoms with van der Waals surface area (Å²) in [5, 5.41) is 3.09. The van der Waals surface area contributed by atoms with Crippen molar-refractivity contribution < 1.29 is 14.3 Å². The predicted molar refractivity (Wildman–Crippen MR) is 66.2 cm³/mol. The molecule has 0 heterocycles. The lowest BCUT2D eigenvalue weighted by Crippen LogP contribution is -2.09. The number of carbonyl (C=O) groups excluding carboxylic acids is 2. The van der Waals surface area contributed by atoms with Gasteiger partial charge < -0.3 is 10.1 Å². The van der Waals surface area contributed by atoms with E-state index in [4.69, 9.17) is 23.2 Å². The molecule has 0 fully saturated rings. The van der Waals surface area contributed by atoms with Crippen LogP contribution in [-0.4, -0.2) is 19.0 Å². The Hall–Kier alpha value is -1.52. The number of methoxy groups -OCH3 is 1. The van der Waals surface area contributed by atoms with Gasteiger partial charge in [-0.3, -0.25) is 4.79 Å². The highest BCUT2D eigenvalue weighted by Crippen LogP contribution is 2.29. The molecule has 17 heavy (non-hydrogen) atoms. The summed E-state index contributed by atoms with van der Waals surface area (Å²) < 4.78 is 4.34. The molecule has 0 saturated heterocycles. The molecule has 0 atom stereocenters. The molecule has 0 saturated carbocycles. The molecule has 1 amide bonds. The van der Waals surface area contributed by atoms with Crippen molar-refractivity contribution in [3.05, 3.63) is 40.4 Å². The van der Waals surface area contributed by atoms with Gasteiger partial charge in [-0.05, 0) is 12.1 Å². The lowest BCUT2D eigenvalue weighted by Gasteiger charge is -2.06. The Morgan fingerprint density at radius 1 is 1.24 bits per heavy atom. The van der Waals surface area contributed by atoms with Crippen molar-refractivity contribution in [1.82, 2.24) is 0 Å². The number of benzene rings is 1. The van der Waals surface area contributed by atoms with Gasteiger partial charge in [0.05, 0.1) is 22.8 Å². The standard InChI is InChI=1S/C11H9Cl2NO3/c1-17-10(16)6-5-9(15)14-11-7(12)3-2-4-8(11)13/h2-6H,1H3,(H,14,15)/b6-5-.